The average molecular weight is 352 g/mol. The molecule has 0 aromatic carbocycles. The topological polar surface area (TPSA) is 108 Å². The number of carbonyl (C=O) groups excluding carboxylic acids is 1. The number of ether oxygens (including phenoxy) is 2. The molecule has 0 atom stereocenters. The molecule has 0 aliphatic carbocycles. The van der Waals surface area contributed by atoms with Crippen LogP contribution in [0.3, 0.4) is 0 Å². The van der Waals surface area contributed by atoms with Crippen molar-refractivity contribution in [1.29, 1.82) is 5.26 Å². The fraction of sp³-hybridized carbons (Fsp3) is 0.235. The highest BCUT2D eigenvalue weighted by Gasteiger charge is 2.23. The molecule has 132 valence electrons. The van der Waals surface area contributed by atoms with Gasteiger partial charge in [-0.05, 0) is 25.2 Å². The van der Waals surface area contributed by atoms with E-state index >= 15 is 0 Å². The summed E-state index contributed by atoms with van der Waals surface area (Å²) in [6, 6.07) is 2.06. The van der Waals surface area contributed by atoms with Crippen LogP contribution in [0.15, 0.2) is 30.3 Å². The molecule has 0 saturated heterocycles. The SMILES string of the molecule is CCOC(=O)c1nnn2c1Cc1c(C#N)ncn1/C=C/C=C(/OC)C=C2. The minimum absolute atomic E-state index is 0.0966. The molecule has 0 bridgehead atoms. The molecule has 0 unspecified atom stereocenters. The summed E-state index contributed by atoms with van der Waals surface area (Å²) in [7, 11) is 1.55. The van der Waals surface area contributed by atoms with Crippen molar-refractivity contribution < 1.29 is 14.3 Å². The fourth-order valence-electron chi connectivity index (χ4n) is 2.46. The first-order chi connectivity index (χ1) is 12.7. The Kier molecular flexibility index (Phi) is 4.94. The van der Waals surface area contributed by atoms with Crippen LogP contribution in [0.5, 0.6) is 0 Å². The van der Waals surface area contributed by atoms with Crippen LogP contribution < -0.4 is 0 Å². The smallest absolute Gasteiger partial charge is 0.360 e. The maximum atomic E-state index is 12.2. The molecule has 0 radical (unpaired) electrons. The van der Waals surface area contributed by atoms with Gasteiger partial charge in [-0.25, -0.2) is 14.5 Å². The lowest BCUT2D eigenvalue weighted by Gasteiger charge is -2.06. The number of nitriles is 1. The van der Waals surface area contributed by atoms with Gasteiger partial charge < -0.3 is 14.0 Å². The van der Waals surface area contributed by atoms with Gasteiger partial charge in [-0.3, -0.25) is 0 Å². The Labute approximate surface area is 149 Å². The molecular weight excluding hydrogens is 336 g/mol. The van der Waals surface area contributed by atoms with Crippen LogP contribution in [0.4, 0.5) is 0 Å². The van der Waals surface area contributed by atoms with Gasteiger partial charge in [0.2, 0.25) is 0 Å². The third kappa shape index (κ3) is 3.25. The number of carbonyl (C=O) groups is 1. The minimum atomic E-state index is -0.570. The molecule has 0 spiro atoms. The van der Waals surface area contributed by atoms with Gasteiger partial charge in [0.25, 0.3) is 0 Å². The summed E-state index contributed by atoms with van der Waals surface area (Å²) in [5, 5.41) is 17.3. The molecular formula is C17H16N6O3. The number of nitrogens with zero attached hydrogens (tertiary/aromatic N) is 6. The van der Waals surface area contributed by atoms with Crippen LogP contribution in [0.25, 0.3) is 12.4 Å². The maximum Gasteiger partial charge on any atom is 0.360 e. The fourth-order valence-corrected chi connectivity index (χ4v) is 2.46. The maximum absolute atomic E-state index is 12.2. The number of imidazole rings is 1. The van der Waals surface area contributed by atoms with Gasteiger partial charge in [0, 0.05) is 18.8 Å². The number of hydrogen-bond acceptors (Lipinski definition) is 7. The van der Waals surface area contributed by atoms with Gasteiger partial charge in [-0.2, -0.15) is 5.26 Å². The Hall–Kier alpha value is -3.67. The van der Waals surface area contributed by atoms with Crippen molar-refractivity contribution in [3.8, 4) is 6.07 Å². The number of fused-ring (bicyclic) bond motifs is 2. The first-order valence-corrected chi connectivity index (χ1v) is 7.85. The van der Waals surface area contributed by atoms with Crippen LogP contribution in [0, 0.1) is 11.3 Å². The zero-order chi connectivity index (χ0) is 18.5. The largest absolute Gasteiger partial charge is 0.497 e. The van der Waals surface area contributed by atoms with Gasteiger partial charge in [-0.1, -0.05) is 5.21 Å². The first-order valence-electron chi connectivity index (χ1n) is 7.85. The highest BCUT2D eigenvalue weighted by Crippen LogP contribution is 2.18. The number of hydrogen-bond donors (Lipinski definition) is 0. The van der Waals surface area contributed by atoms with E-state index in [1.165, 1.54) is 11.0 Å². The lowest BCUT2D eigenvalue weighted by atomic mass is 10.1. The second-order valence-corrected chi connectivity index (χ2v) is 5.22. The van der Waals surface area contributed by atoms with E-state index in [2.05, 4.69) is 21.4 Å². The van der Waals surface area contributed by atoms with Crippen molar-refractivity contribution >= 4 is 18.4 Å². The Bertz CT molecular complexity index is 958. The molecule has 2 aromatic rings. The van der Waals surface area contributed by atoms with Crippen molar-refractivity contribution in [3.05, 3.63) is 53.1 Å². The normalized spacial score (nSPS) is 16.3. The molecule has 0 N–H and O–H groups in total. The highest BCUT2D eigenvalue weighted by atomic mass is 16.5. The third-order valence-electron chi connectivity index (χ3n) is 3.72. The second-order valence-electron chi connectivity index (χ2n) is 5.22. The molecule has 1 aliphatic heterocycles. The van der Waals surface area contributed by atoms with E-state index < -0.39 is 5.97 Å². The lowest BCUT2D eigenvalue weighted by Crippen LogP contribution is -2.11. The number of aromatic nitrogens is 5. The van der Waals surface area contributed by atoms with E-state index in [4.69, 9.17) is 9.47 Å². The molecule has 1 aliphatic rings. The van der Waals surface area contributed by atoms with Crippen LogP contribution >= 0.6 is 0 Å². The van der Waals surface area contributed by atoms with Gasteiger partial charge in [0.15, 0.2) is 11.4 Å². The van der Waals surface area contributed by atoms with E-state index in [0.717, 1.165) is 0 Å². The Morgan fingerprint density at radius 2 is 2.23 bits per heavy atom. The summed E-state index contributed by atoms with van der Waals surface area (Å²) in [6.07, 6.45) is 10.4. The average Bonchev–Trinajstić information content (AvgIpc) is 3.22. The third-order valence-corrected chi connectivity index (χ3v) is 3.72. The number of rotatable bonds is 3. The monoisotopic (exact) mass is 352 g/mol. The van der Waals surface area contributed by atoms with Gasteiger partial charge in [-0.15, -0.1) is 5.10 Å². The summed E-state index contributed by atoms with van der Waals surface area (Å²) in [6.45, 7) is 1.94. The predicted octanol–water partition coefficient (Wildman–Crippen LogP) is 1.60. The van der Waals surface area contributed by atoms with Crippen LogP contribution in [0.2, 0.25) is 0 Å². The van der Waals surface area contributed by atoms with Gasteiger partial charge in [0.1, 0.15) is 18.2 Å². The Balaban J connectivity index is 2.18. The summed E-state index contributed by atoms with van der Waals surface area (Å²) >= 11 is 0. The molecule has 9 nitrogen and oxygen atoms in total. The van der Waals surface area contributed by atoms with E-state index in [1.807, 2.05) is 0 Å². The summed E-state index contributed by atoms with van der Waals surface area (Å²) in [5.74, 6) is 0.00380. The van der Waals surface area contributed by atoms with Crippen molar-refractivity contribution in [1.82, 2.24) is 24.5 Å². The van der Waals surface area contributed by atoms with Crippen molar-refractivity contribution in [2.24, 2.45) is 0 Å². The number of allylic oxidation sites excluding steroid dienone is 3. The zero-order valence-electron chi connectivity index (χ0n) is 14.3. The standard InChI is InChI=1S/C17H16N6O3/c1-3-26-17(24)16-15-9-14-13(10-18)19-11-22(14)7-4-5-12(25-2)6-8-23(15)21-20-16/h4-8,11H,3,9H2,1-2H3/b7-4+,8-6?,12-5+. The molecule has 26 heavy (non-hydrogen) atoms. The zero-order valence-corrected chi connectivity index (χ0v) is 14.3. The van der Waals surface area contributed by atoms with Crippen molar-refractivity contribution in [3.63, 3.8) is 0 Å². The minimum Gasteiger partial charge on any atom is -0.497 e. The molecule has 0 fully saturated rings. The predicted molar refractivity (Wildman–Crippen MR) is 91.5 cm³/mol. The summed E-state index contributed by atoms with van der Waals surface area (Å²) in [5.41, 5.74) is 1.46. The number of esters is 1. The molecule has 0 amide bonds. The van der Waals surface area contributed by atoms with Gasteiger partial charge >= 0.3 is 5.97 Å². The van der Waals surface area contributed by atoms with E-state index in [0.29, 0.717) is 17.1 Å². The quantitative estimate of drug-likeness (QED) is 0.772. The van der Waals surface area contributed by atoms with E-state index in [9.17, 15) is 10.1 Å². The number of methoxy groups -OCH3 is 1. The van der Waals surface area contributed by atoms with E-state index in [-0.39, 0.29) is 24.4 Å². The molecule has 0 saturated carbocycles. The van der Waals surface area contributed by atoms with Gasteiger partial charge in [0.05, 0.1) is 25.1 Å². The molecule has 3 rings (SSSR count). The molecule has 2 aromatic heterocycles. The molecule has 9 heteroatoms. The van der Waals surface area contributed by atoms with Crippen LogP contribution in [0.1, 0.15) is 34.5 Å². The Morgan fingerprint density at radius 1 is 1.38 bits per heavy atom. The molecule has 3 heterocycles. The van der Waals surface area contributed by atoms with Crippen molar-refractivity contribution in [2.45, 2.75) is 13.3 Å². The Morgan fingerprint density at radius 3 is 2.96 bits per heavy atom. The summed E-state index contributed by atoms with van der Waals surface area (Å²) < 4.78 is 13.5. The van der Waals surface area contributed by atoms with Crippen molar-refractivity contribution in [2.75, 3.05) is 13.7 Å². The summed E-state index contributed by atoms with van der Waals surface area (Å²) in [4.78, 5) is 16.3. The van der Waals surface area contributed by atoms with Crippen LogP contribution in [-0.2, 0) is 15.9 Å². The first kappa shape index (κ1) is 17.2. The van der Waals surface area contributed by atoms with E-state index in [1.54, 1.807) is 49.2 Å². The van der Waals surface area contributed by atoms with Crippen LogP contribution in [-0.4, -0.2) is 44.2 Å². The highest BCUT2D eigenvalue weighted by molar-refractivity contribution is 5.88. The lowest BCUT2D eigenvalue weighted by molar-refractivity contribution is 0.0518. The second kappa shape index (κ2) is 7.48.